The monoisotopic (exact) mass is 283 g/mol. The van der Waals surface area contributed by atoms with Gasteiger partial charge in [0.25, 0.3) is 5.91 Å². The second-order valence-corrected chi connectivity index (χ2v) is 4.63. The predicted molar refractivity (Wildman–Crippen MR) is 78.9 cm³/mol. The summed E-state index contributed by atoms with van der Waals surface area (Å²) in [7, 11) is 0. The summed E-state index contributed by atoms with van der Waals surface area (Å²) in [6, 6.07) is 12.3. The minimum atomic E-state index is -0.238. The zero-order valence-corrected chi connectivity index (χ0v) is 11.1. The van der Waals surface area contributed by atoms with E-state index in [1.807, 2.05) is 6.07 Å². The number of carbonyl (C=O) groups excluding carboxylic acids is 1. The quantitative estimate of drug-likeness (QED) is 0.783. The molecule has 0 spiro atoms. The lowest BCUT2D eigenvalue weighted by Gasteiger charge is -2.07. The molecule has 0 aliphatic rings. The van der Waals surface area contributed by atoms with Crippen LogP contribution in [0.1, 0.15) is 10.4 Å². The first-order valence-corrected chi connectivity index (χ1v) is 6.38. The number of benzene rings is 2. The number of para-hydroxylation sites is 1. The van der Waals surface area contributed by atoms with Crippen molar-refractivity contribution >= 4 is 34.2 Å². The van der Waals surface area contributed by atoms with Crippen LogP contribution in [0, 0.1) is 0 Å². The Morgan fingerprint density at radius 1 is 1.05 bits per heavy atom. The molecule has 0 aliphatic heterocycles. The third-order valence-electron chi connectivity index (χ3n) is 2.83. The number of nitrogens with zero attached hydrogens (tertiary/aromatic N) is 2. The Morgan fingerprint density at radius 2 is 1.85 bits per heavy atom. The maximum absolute atomic E-state index is 12.3. The number of fused-ring (bicyclic) bond motifs is 1. The fraction of sp³-hybridized carbons (Fsp3) is 0. The Morgan fingerprint density at radius 3 is 2.70 bits per heavy atom. The molecule has 0 unspecified atom stereocenters. The Bertz CT molecular complexity index is 783. The van der Waals surface area contributed by atoms with Crippen LogP contribution in [-0.2, 0) is 0 Å². The largest absolute Gasteiger partial charge is 0.322 e. The van der Waals surface area contributed by atoms with Gasteiger partial charge in [0, 0.05) is 23.1 Å². The van der Waals surface area contributed by atoms with Gasteiger partial charge in [0.15, 0.2) is 0 Å². The van der Waals surface area contributed by atoms with E-state index in [1.54, 1.807) is 48.8 Å². The normalized spacial score (nSPS) is 10.4. The molecule has 20 heavy (non-hydrogen) atoms. The summed E-state index contributed by atoms with van der Waals surface area (Å²) in [6.07, 6.45) is 3.17. The molecule has 3 rings (SSSR count). The van der Waals surface area contributed by atoms with Gasteiger partial charge in [-0.2, -0.15) is 0 Å². The highest BCUT2D eigenvalue weighted by Crippen LogP contribution is 2.18. The summed E-state index contributed by atoms with van der Waals surface area (Å²) >= 11 is 5.90. The summed E-state index contributed by atoms with van der Waals surface area (Å²) in [5.74, 6) is -0.238. The summed E-state index contributed by atoms with van der Waals surface area (Å²) in [4.78, 5) is 20.7. The minimum Gasteiger partial charge on any atom is -0.322 e. The Hall–Kier alpha value is -2.46. The van der Waals surface area contributed by atoms with Crippen LogP contribution >= 0.6 is 11.6 Å². The van der Waals surface area contributed by atoms with Gasteiger partial charge in [0.1, 0.15) is 5.52 Å². The van der Waals surface area contributed by atoms with Crippen LogP contribution in [0.15, 0.2) is 54.9 Å². The van der Waals surface area contributed by atoms with Gasteiger partial charge >= 0.3 is 0 Å². The van der Waals surface area contributed by atoms with Crippen LogP contribution in [0.3, 0.4) is 0 Å². The van der Waals surface area contributed by atoms with Crippen molar-refractivity contribution in [1.82, 2.24) is 9.97 Å². The summed E-state index contributed by atoms with van der Waals surface area (Å²) in [5.41, 5.74) is 2.39. The van der Waals surface area contributed by atoms with Gasteiger partial charge in [-0.05, 0) is 30.3 Å². The first kappa shape index (κ1) is 12.6. The van der Waals surface area contributed by atoms with Gasteiger partial charge in [-0.15, -0.1) is 0 Å². The third-order valence-corrected chi connectivity index (χ3v) is 3.06. The molecule has 0 atom stereocenters. The van der Waals surface area contributed by atoms with Crippen molar-refractivity contribution < 1.29 is 4.79 Å². The van der Waals surface area contributed by atoms with E-state index in [9.17, 15) is 4.79 Å². The van der Waals surface area contributed by atoms with Crippen molar-refractivity contribution in [2.24, 2.45) is 0 Å². The number of nitrogens with one attached hydrogen (secondary N) is 1. The molecule has 0 radical (unpaired) electrons. The maximum Gasteiger partial charge on any atom is 0.257 e. The Kier molecular flexibility index (Phi) is 3.31. The lowest BCUT2D eigenvalue weighted by Crippen LogP contribution is -2.12. The van der Waals surface area contributed by atoms with Gasteiger partial charge in [0.2, 0.25) is 0 Å². The van der Waals surface area contributed by atoms with E-state index in [-0.39, 0.29) is 5.91 Å². The minimum absolute atomic E-state index is 0.238. The van der Waals surface area contributed by atoms with Gasteiger partial charge in [-0.3, -0.25) is 14.8 Å². The fourth-order valence-corrected chi connectivity index (χ4v) is 2.13. The molecule has 0 bridgehead atoms. The molecular formula is C15H10ClN3O. The molecule has 1 heterocycles. The first-order valence-electron chi connectivity index (χ1n) is 6.01. The Labute approximate surface area is 120 Å². The number of amides is 1. The van der Waals surface area contributed by atoms with E-state index in [1.165, 1.54) is 0 Å². The highest BCUT2D eigenvalue weighted by molar-refractivity contribution is 6.31. The van der Waals surface area contributed by atoms with Gasteiger partial charge < -0.3 is 5.32 Å². The maximum atomic E-state index is 12.3. The molecule has 5 heteroatoms. The highest BCUT2D eigenvalue weighted by Gasteiger charge is 2.11. The number of carbonyl (C=O) groups is 1. The second kappa shape index (κ2) is 5.27. The van der Waals surface area contributed by atoms with Crippen LogP contribution in [0.2, 0.25) is 5.02 Å². The standard InChI is InChI=1S/C15H10ClN3O/c16-10-3-1-4-11(9-10)19-15(20)12-5-2-6-13-14(12)18-8-7-17-13/h1-9H,(H,19,20). The van der Waals surface area contributed by atoms with Crippen molar-refractivity contribution in [2.75, 3.05) is 5.32 Å². The molecule has 0 saturated carbocycles. The van der Waals surface area contributed by atoms with Crippen LogP contribution in [0.4, 0.5) is 5.69 Å². The van der Waals surface area contributed by atoms with Crippen LogP contribution in [0.5, 0.6) is 0 Å². The summed E-state index contributed by atoms with van der Waals surface area (Å²) < 4.78 is 0. The number of halogens is 1. The number of hydrogen-bond acceptors (Lipinski definition) is 3. The molecule has 0 aliphatic carbocycles. The average Bonchev–Trinajstić information content (AvgIpc) is 2.46. The number of rotatable bonds is 2. The SMILES string of the molecule is O=C(Nc1cccc(Cl)c1)c1cccc2nccnc12. The molecule has 1 amide bonds. The first-order chi connectivity index (χ1) is 9.74. The Balaban J connectivity index is 1.97. The third kappa shape index (κ3) is 2.46. The summed E-state index contributed by atoms with van der Waals surface area (Å²) in [5, 5.41) is 3.37. The van der Waals surface area contributed by atoms with E-state index in [0.717, 1.165) is 0 Å². The van der Waals surface area contributed by atoms with Crippen molar-refractivity contribution in [1.29, 1.82) is 0 Å². The van der Waals surface area contributed by atoms with Crippen molar-refractivity contribution in [3.8, 4) is 0 Å². The van der Waals surface area contributed by atoms with E-state index in [4.69, 9.17) is 11.6 Å². The lowest BCUT2D eigenvalue weighted by molar-refractivity contribution is 0.102. The van der Waals surface area contributed by atoms with Crippen molar-refractivity contribution in [2.45, 2.75) is 0 Å². The second-order valence-electron chi connectivity index (χ2n) is 4.19. The molecule has 2 aromatic carbocycles. The van der Waals surface area contributed by atoms with E-state index >= 15 is 0 Å². The molecule has 3 aromatic rings. The predicted octanol–water partition coefficient (Wildman–Crippen LogP) is 3.54. The fourth-order valence-electron chi connectivity index (χ4n) is 1.94. The van der Waals surface area contributed by atoms with E-state index in [2.05, 4.69) is 15.3 Å². The van der Waals surface area contributed by atoms with Gasteiger partial charge in [-0.25, -0.2) is 0 Å². The summed E-state index contributed by atoms with van der Waals surface area (Å²) in [6.45, 7) is 0. The van der Waals surface area contributed by atoms with Crippen LogP contribution < -0.4 is 5.32 Å². The molecule has 4 nitrogen and oxygen atoms in total. The van der Waals surface area contributed by atoms with Gasteiger partial charge in [-0.1, -0.05) is 23.7 Å². The smallest absolute Gasteiger partial charge is 0.257 e. The molecule has 1 aromatic heterocycles. The van der Waals surface area contributed by atoms with Crippen molar-refractivity contribution in [3.05, 3.63) is 65.4 Å². The average molecular weight is 284 g/mol. The highest BCUT2D eigenvalue weighted by atomic mass is 35.5. The molecular weight excluding hydrogens is 274 g/mol. The zero-order valence-electron chi connectivity index (χ0n) is 10.4. The van der Waals surface area contributed by atoms with Crippen molar-refractivity contribution in [3.63, 3.8) is 0 Å². The van der Waals surface area contributed by atoms with E-state index in [0.29, 0.717) is 27.3 Å². The lowest BCUT2D eigenvalue weighted by atomic mass is 10.1. The zero-order chi connectivity index (χ0) is 13.9. The van der Waals surface area contributed by atoms with Crippen LogP contribution in [0.25, 0.3) is 11.0 Å². The number of anilines is 1. The topological polar surface area (TPSA) is 54.9 Å². The molecule has 0 saturated heterocycles. The molecule has 1 N–H and O–H groups in total. The van der Waals surface area contributed by atoms with Gasteiger partial charge in [0.05, 0.1) is 11.1 Å². The number of hydrogen-bond donors (Lipinski definition) is 1. The van der Waals surface area contributed by atoms with Crippen LogP contribution in [-0.4, -0.2) is 15.9 Å². The van der Waals surface area contributed by atoms with E-state index < -0.39 is 0 Å². The number of aromatic nitrogens is 2. The molecule has 98 valence electrons. The molecule has 0 fully saturated rings.